The van der Waals surface area contributed by atoms with Gasteiger partial charge in [-0.2, -0.15) is 0 Å². The van der Waals surface area contributed by atoms with Crippen LogP contribution in [0.2, 0.25) is 5.02 Å². The first-order chi connectivity index (χ1) is 17.4. The van der Waals surface area contributed by atoms with E-state index in [0.29, 0.717) is 21.7 Å². The molecule has 0 radical (unpaired) electrons. The van der Waals surface area contributed by atoms with E-state index >= 15 is 0 Å². The smallest absolute Gasteiger partial charge is 0.331 e. The number of anilines is 1. The SMILES string of the molecule is COc1ccc(-c2c3c(=O)n(C)c(=O)n(C)c3c3n2-c2ccccc2NC3c2cccc(Cl)c2)cc1. The number of aromatic nitrogens is 3. The Morgan fingerprint density at radius 1 is 0.917 bits per heavy atom. The van der Waals surface area contributed by atoms with Gasteiger partial charge in [0.1, 0.15) is 5.75 Å². The maximum absolute atomic E-state index is 13.7. The van der Waals surface area contributed by atoms with E-state index < -0.39 is 0 Å². The Balaban J connectivity index is 1.84. The molecule has 1 atom stereocenters. The Kier molecular flexibility index (Phi) is 5.05. The van der Waals surface area contributed by atoms with E-state index in [2.05, 4.69) is 9.88 Å². The first-order valence-corrected chi connectivity index (χ1v) is 11.9. The van der Waals surface area contributed by atoms with Crippen molar-refractivity contribution < 1.29 is 4.74 Å². The number of fused-ring (bicyclic) bond motifs is 5. The Labute approximate surface area is 211 Å². The zero-order chi connectivity index (χ0) is 25.1. The number of nitrogens with one attached hydrogen (secondary N) is 1. The van der Waals surface area contributed by atoms with Crippen LogP contribution >= 0.6 is 11.6 Å². The van der Waals surface area contributed by atoms with E-state index in [1.165, 1.54) is 7.05 Å². The molecule has 1 unspecified atom stereocenters. The van der Waals surface area contributed by atoms with Gasteiger partial charge in [-0.3, -0.25) is 13.9 Å². The largest absolute Gasteiger partial charge is 0.497 e. The zero-order valence-corrected chi connectivity index (χ0v) is 20.7. The van der Waals surface area contributed by atoms with Gasteiger partial charge in [0, 0.05) is 19.1 Å². The number of para-hydroxylation sites is 2. The summed E-state index contributed by atoms with van der Waals surface area (Å²) in [5.41, 5.74) is 4.94. The number of hydrogen-bond acceptors (Lipinski definition) is 4. The van der Waals surface area contributed by atoms with Gasteiger partial charge in [0.2, 0.25) is 0 Å². The molecule has 3 aromatic carbocycles. The van der Waals surface area contributed by atoms with E-state index in [-0.39, 0.29) is 17.3 Å². The number of benzene rings is 3. The Bertz CT molecular complexity index is 1780. The molecule has 0 fully saturated rings. The van der Waals surface area contributed by atoms with Crippen LogP contribution in [0.4, 0.5) is 5.69 Å². The number of ether oxygens (including phenoxy) is 1. The third kappa shape index (κ3) is 3.13. The van der Waals surface area contributed by atoms with Crippen molar-refractivity contribution in [1.82, 2.24) is 13.7 Å². The van der Waals surface area contributed by atoms with Crippen LogP contribution in [0.3, 0.4) is 0 Å². The third-order valence-corrected chi connectivity index (χ3v) is 7.11. The molecule has 0 saturated heterocycles. The molecule has 0 bridgehead atoms. The molecule has 0 saturated carbocycles. The van der Waals surface area contributed by atoms with Gasteiger partial charge >= 0.3 is 5.69 Å². The number of aryl methyl sites for hydroxylation is 1. The molecular formula is C28H23ClN4O3. The van der Waals surface area contributed by atoms with Crippen LogP contribution < -0.4 is 21.3 Å². The van der Waals surface area contributed by atoms with Gasteiger partial charge in [0.05, 0.1) is 46.8 Å². The minimum Gasteiger partial charge on any atom is -0.497 e. The van der Waals surface area contributed by atoms with E-state index in [1.807, 2.05) is 72.8 Å². The molecular weight excluding hydrogens is 476 g/mol. The number of hydrogen-bond donors (Lipinski definition) is 1. The van der Waals surface area contributed by atoms with E-state index in [1.54, 1.807) is 18.7 Å². The lowest BCUT2D eigenvalue weighted by atomic mass is 9.99. The van der Waals surface area contributed by atoms with Crippen LogP contribution in [0.1, 0.15) is 17.3 Å². The third-order valence-electron chi connectivity index (χ3n) is 6.87. The number of methoxy groups -OCH3 is 1. The fraction of sp³-hybridized carbons (Fsp3) is 0.143. The summed E-state index contributed by atoms with van der Waals surface area (Å²) in [6, 6.07) is 22.8. The molecule has 3 heterocycles. The molecule has 0 amide bonds. The van der Waals surface area contributed by atoms with Crippen LogP contribution in [0.25, 0.3) is 27.8 Å². The maximum atomic E-state index is 13.7. The molecule has 2 aromatic heterocycles. The van der Waals surface area contributed by atoms with Crippen molar-refractivity contribution in [3.05, 3.63) is 110 Å². The van der Waals surface area contributed by atoms with Crippen molar-refractivity contribution in [3.63, 3.8) is 0 Å². The Hall–Kier alpha value is -4.23. The Morgan fingerprint density at radius 3 is 2.39 bits per heavy atom. The summed E-state index contributed by atoms with van der Waals surface area (Å²) < 4.78 is 10.2. The highest BCUT2D eigenvalue weighted by molar-refractivity contribution is 6.30. The molecule has 180 valence electrons. The van der Waals surface area contributed by atoms with Gasteiger partial charge < -0.3 is 14.6 Å². The van der Waals surface area contributed by atoms with Crippen LogP contribution in [0, 0.1) is 0 Å². The molecule has 0 spiro atoms. The summed E-state index contributed by atoms with van der Waals surface area (Å²) in [4.78, 5) is 26.8. The summed E-state index contributed by atoms with van der Waals surface area (Å²) in [5.74, 6) is 0.715. The average molecular weight is 499 g/mol. The number of nitrogens with zero attached hydrogens (tertiary/aromatic N) is 3. The first kappa shape index (κ1) is 22.2. The predicted molar refractivity (Wildman–Crippen MR) is 143 cm³/mol. The van der Waals surface area contributed by atoms with E-state index in [4.69, 9.17) is 16.3 Å². The van der Waals surface area contributed by atoms with Gasteiger partial charge in [0.25, 0.3) is 5.56 Å². The van der Waals surface area contributed by atoms with Crippen molar-refractivity contribution >= 4 is 28.2 Å². The quantitative estimate of drug-likeness (QED) is 0.385. The highest BCUT2D eigenvalue weighted by atomic mass is 35.5. The summed E-state index contributed by atoms with van der Waals surface area (Å²) in [5, 5.41) is 4.71. The lowest BCUT2D eigenvalue weighted by Crippen LogP contribution is -2.37. The summed E-state index contributed by atoms with van der Waals surface area (Å²) in [7, 11) is 4.84. The van der Waals surface area contributed by atoms with Gasteiger partial charge in [-0.15, -0.1) is 0 Å². The summed E-state index contributed by atoms with van der Waals surface area (Å²) >= 11 is 6.39. The molecule has 7 nitrogen and oxygen atoms in total. The molecule has 5 aromatic rings. The Morgan fingerprint density at radius 2 is 1.67 bits per heavy atom. The lowest BCUT2D eigenvalue weighted by Gasteiger charge is -2.31. The lowest BCUT2D eigenvalue weighted by molar-refractivity contribution is 0.415. The second-order valence-electron chi connectivity index (χ2n) is 8.88. The highest BCUT2D eigenvalue weighted by Crippen LogP contribution is 2.45. The number of halogens is 1. The monoisotopic (exact) mass is 498 g/mol. The van der Waals surface area contributed by atoms with Crippen LogP contribution in [-0.4, -0.2) is 20.8 Å². The fourth-order valence-electron chi connectivity index (χ4n) is 5.18. The highest BCUT2D eigenvalue weighted by Gasteiger charge is 2.34. The standard InChI is InChI=1S/C28H23ClN4O3/c1-31-25-22(27(34)32(2)28(31)35)24(16-11-13-19(36-3)14-12-16)33-21-10-5-4-9-20(21)30-23(26(25)33)17-7-6-8-18(29)15-17/h4-15,23,30H,1-3H3. The molecule has 1 aliphatic heterocycles. The normalized spacial score (nSPS) is 14.3. The van der Waals surface area contributed by atoms with Crippen LogP contribution in [0.15, 0.2) is 82.4 Å². The molecule has 36 heavy (non-hydrogen) atoms. The number of rotatable bonds is 3. The maximum Gasteiger partial charge on any atom is 0.331 e. The van der Waals surface area contributed by atoms with Gasteiger partial charge in [-0.05, 0) is 59.7 Å². The van der Waals surface area contributed by atoms with Crippen molar-refractivity contribution in [2.24, 2.45) is 14.1 Å². The second kappa shape index (κ2) is 8.17. The van der Waals surface area contributed by atoms with Gasteiger partial charge in [0.15, 0.2) is 0 Å². The summed E-state index contributed by atoms with van der Waals surface area (Å²) in [6.45, 7) is 0. The fourth-order valence-corrected chi connectivity index (χ4v) is 5.37. The van der Waals surface area contributed by atoms with Crippen molar-refractivity contribution in [2.75, 3.05) is 12.4 Å². The molecule has 1 N–H and O–H groups in total. The average Bonchev–Trinajstić information content (AvgIpc) is 3.27. The molecule has 8 heteroatoms. The van der Waals surface area contributed by atoms with Crippen molar-refractivity contribution in [3.8, 4) is 22.7 Å². The van der Waals surface area contributed by atoms with E-state index in [9.17, 15) is 9.59 Å². The second-order valence-corrected chi connectivity index (χ2v) is 9.31. The first-order valence-electron chi connectivity index (χ1n) is 11.5. The summed E-state index contributed by atoms with van der Waals surface area (Å²) in [6.07, 6.45) is 0. The van der Waals surface area contributed by atoms with Gasteiger partial charge in [-0.25, -0.2) is 4.79 Å². The van der Waals surface area contributed by atoms with Crippen molar-refractivity contribution in [1.29, 1.82) is 0 Å². The van der Waals surface area contributed by atoms with Gasteiger partial charge in [-0.1, -0.05) is 35.9 Å². The minimum absolute atomic E-state index is 0.344. The van der Waals surface area contributed by atoms with Crippen LogP contribution in [-0.2, 0) is 14.1 Å². The van der Waals surface area contributed by atoms with Crippen molar-refractivity contribution in [2.45, 2.75) is 6.04 Å². The van der Waals surface area contributed by atoms with E-state index in [0.717, 1.165) is 38.5 Å². The topological polar surface area (TPSA) is 70.2 Å². The predicted octanol–water partition coefficient (Wildman–Crippen LogP) is 4.87. The zero-order valence-electron chi connectivity index (χ0n) is 19.9. The molecule has 0 aliphatic carbocycles. The molecule has 6 rings (SSSR count). The molecule has 1 aliphatic rings. The minimum atomic E-state index is -0.383. The van der Waals surface area contributed by atoms with Crippen LogP contribution in [0.5, 0.6) is 5.75 Å².